The average Bonchev–Trinajstić information content (AvgIpc) is 1.75. The van der Waals surface area contributed by atoms with E-state index in [4.69, 9.17) is 5.11 Å². The Bertz CT molecular complexity index is 225. The fourth-order valence-corrected chi connectivity index (χ4v) is 1.55. The maximum Gasteiger partial charge on any atom is 0.309 e. The van der Waals surface area contributed by atoms with Crippen LogP contribution in [-0.4, -0.2) is 41.0 Å². The van der Waals surface area contributed by atoms with Gasteiger partial charge in [0.2, 0.25) is 0 Å². The predicted octanol–water partition coefficient (Wildman–Crippen LogP) is 1.44. The predicted molar refractivity (Wildman–Crippen MR) is 47.4 cm³/mol. The molecule has 82 valence electrons. The molecule has 1 N–H and O–H groups in total. The van der Waals surface area contributed by atoms with Crippen LogP contribution in [0.25, 0.3) is 0 Å². The topological polar surface area (TPSA) is 40.5 Å². The second-order valence-electron chi connectivity index (χ2n) is 4.08. The van der Waals surface area contributed by atoms with Crippen molar-refractivity contribution in [2.45, 2.75) is 32.2 Å². The van der Waals surface area contributed by atoms with Gasteiger partial charge in [0, 0.05) is 25.0 Å². The van der Waals surface area contributed by atoms with Gasteiger partial charge < -0.3 is 5.11 Å². The van der Waals surface area contributed by atoms with Crippen LogP contribution >= 0.6 is 0 Å². The van der Waals surface area contributed by atoms with Crippen molar-refractivity contribution in [2.75, 3.05) is 13.1 Å². The van der Waals surface area contributed by atoms with Crippen LogP contribution in [-0.2, 0) is 4.79 Å². The second-order valence-corrected chi connectivity index (χ2v) is 4.08. The molecular weight excluding hydrogens is 192 g/mol. The van der Waals surface area contributed by atoms with Crippen molar-refractivity contribution in [3.8, 4) is 0 Å². The SMILES string of the molecule is CC(C)N1CC(C(F)(F)CC(=O)O)C1. The molecule has 0 atom stereocenters. The summed E-state index contributed by atoms with van der Waals surface area (Å²) in [6.45, 7) is 4.48. The van der Waals surface area contributed by atoms with E-state index in [2.05, 4.69) is 0 Å². The van der Waals surface area contributed by atoms with Crippen LogP contribution < -0.4 is 0 Å². The van der Waals surface area contributed by atoms with Gasteiger partial charge in [-0.05, 0) is 13.8 Å². The molecule has 1 aliphatic rings. The number of hydrogen-bond acceptors (Lipinski definition) is 2. The van der Waals surface area contributed by atoms with Gasteiger partial charge in [-0.15, -0.1) is 0 Å². The summed E-state index contributed by atoms with van der Waals surface area (Å²) < 4.78 is 26.3. The monoisotopic (exact) mass is 207 g/mol. The van der Waals surface area contributed by atoms with Crippen LogP contribution in [0.5, 0.6) is 0 Å². The highest BCUT2D eigenvalue weighted by molar-refractivity contribution is 5.67. The Balaban J connectivity index is 2.41. The Hall–Kier alpha value is -0.710. The van der Waals surface area contributed by atoms with Crippen molar-refractivity contribution in [1.29, 1.82) is 0 Å². The zero-order valence-electron chi connectivity index (χ0n) is 8.33. The number of likely N-dealkylation sites (tertiary alicyclic amines) is 1. The zero-order chi connectivity index (χ0) is 10.9. The number of carboxylic acid groups (broad SMARTS) is 1. The molecule has 0 amide bonds. The van der Waals surface area contributed by atoms with Gasteiger partial charge in [0.05, 0.1) is 0 Å². The van der Waals surface area contributed by atoms with Gasteiger partial charge in [0.1, 0.15) is 6.42 Å². The molecule has 5 heteroatoms. The van der Waals surface area contributed by atoms with Crippen molar-refractivity contribution < 1.29 is 18.7 Å². The van der Waals surface area contributed by atoms with Gasteiger partial charge >= 0.3 is 5.97 Å². The molecule has 0 bridgehead atoms. The number of carboxylic acids is 1. The Morgan fingerprint density at radius 1 is 1.57 bits per heavy atom. The molecule has 14 heavy (non-hydrogen) atoms. The summed E-state index contributed by atoms with van der Waals surface area (Å²) in [7, 11) is 0. The molecule has 1 fully saturated rings. The summed E-state index contributed by atoms with van der Waals surface area (Å²) in [6, 6.07) is 0.256. The van der Waals surface area contributed by atoms with Gasteiger partial charge in [-0.25, -0.2) is 8.78 Å². The lowest BCUT2D eigenvalue weighted by atomic mass is 9.89. The molecule has 0 radical (unpaired) electrons. The summed E-state index contributed by atoms with van der Waals surface area (Å²) in [5.74, 6) is -5.28. The lowest BCUT2D eigenvalue weighted by Crippen LogP contribution is -2.57. The van der Waals surface area contributed by atoms with E-state index in [0.717, 1.165) is 0 Å². The molecule has 1 saturated heterocycles. The van der Waals surface area contributed by atoms with Crippen LogP contribution in [0.1, 0.15) is 20.3 Å². The third-order valence-electron chi connectivity index (χ3n) is 2.62. The molecule has 1 heterocycles. The van der Waals surface area contributed by atoms with E-state index in [1.807, 2.05) is 18.7 Å². The van der Waals surface area contributed by atoms with Crippen molar-refractivity contribution >= 4 is 5.97 Å². The van der Waals surface area contributed by atoms with Crippen molar-refractivity contribution in [1.82, 2.24) is 4.90 Å². The largest absolute Gasteiger partial charge is 0.481 e. The van der Waals surface area contributed by atoms with E-state index < -0.39 is 24.2 Å². The Morgan fingerprint density at radius 3 is 2.43 bits per heavy atom. The first kappa shape index (κ1) is 11.4. The minimum absolute atomic E-state index is 0.256. The van der Waals surface area contributed by atoms with Crippen molar-refractivity contribution in [2.24, 2.45) is 5.92 Å². The van der Waals surface area contributed by atoms with Crippen LogP contribution in [0.4, 0.5) is 8.78 Å². The number of alkyl halides is 2. The van der Waals surface area contributed by atoms with Gasteiger partial charge in [-0.1, -0.05) is 0 Å². The molecule has 0 saturated carbocycles. The van der Waals surface area contributed by atoms with E-state index in [0.29, 0.717) is 13.1 Å². The molecule has 0 aliphatic carbocycles. The Labute approximate surface area is 81.7 Å². The van der Waals surface area contributed by atoms with Crippen LogP contribution in [0.15, 0.2) is 0 Å². The number of halogens is 2. The quantitative estimate of drug-likeness (QED) is 0.758. The molecule has 3 nitrogen and oxygen atoms in total. The van der Waals surface area contributed by atoms with Gasteiger partial charge in [0.15, 0.2) is 0 Å². The number of nitrogens with zero attached hydrogens (tertiary/aromatic N) is 1. The van der Waals surface area contributed by atoms with E-state index in [9.17, 15) is 13.6 Å². The highest BCUT2D eigenvalue weighted by atomic mass is 19.3. The molecule has 1 aliphatic heterocycles. The van der Waals surface area contributed by atoms with Crippen LogP contribution in [0.3, 0.4) is 0 Å². The normalized spacial score (nSPS) is 19.8. The number of carbonyl (C=O) groups is 1. The minimum atomic E-state index is -3.06. The van der Waals surface area contributed by atoms with Gasteiger partial charge in [-0.2, -0.15) is 0 Å². The maximum absolute atomic E-state index is 13.1. The van der Waals surface area contributed by atoms with Crippen LogP contribution in [0.2, 0.25) is 0 Å². The molecule has 1 rings (SSSR count). The van der Waals surface area contributed by atoms with Crippen molar-refractivity contribution in [3.05, 3.63) is 0 Å². The van der Waals surface area contributed by atoms with E-state index in [1.165, 1.54) is 0 Å². The smallest absolute Gasteiger partial charge is 0.309 e. The molecule has 0 spiro atoms. The summed E-state index contributed by atoms with van der Waals surface area (Å²) >= 11 is 0. The lowest BCUT2D eigenvalue weighted by molar-refractivity contribution is -0.160. The molecule has 0 aromatic carbocycles. The molecule has 0 unspecified atom stereocenters. The summed E-state index contributed by atoms with van der Waals surface area (Å²) in [6.07, 6.45) is -1.05. The average molecular weight is 207 g/mol. The zero-order valence-corrected chi connectivity index (χ0v) is 8.33. The van der Waals surface area contributed by atoms with Crippen LogP contribution in [0, 0.1) is 5.92 Å². The highest BCUT2D eigenvalue weighted by Gasteiger charge is 2.48. The first-order valence-electron chi connectivity index (χ1n) is 4.66. The summed E-state index contributed by atoms with van der Waals surface area (Å²) in [4.78, 5) is 12.1. The fraction of sp³-hybridized carbons (Fsp3) is 0.889. The number of hydrogen-bond donors (Lipinski definition) is 1. The standard InChI is InChI=1S/C9H15F2NO2/c1-6(2)12-4-7(5-12)9(10,11)3-8(13)14/h6-7H,3-5H2,1-2H3,(H,13,14). The third kappa shape index (κ3) is 2.41. The van der Waals surface area contributed by atoms with Gasteiger partial charge in [-0.3, -0.25) is 9.69 Å². The molecular formula is C9H15F2NO2. The minimum Gasteiger partial charge on any atom is -0.481 e. The Kier molecular flexibility index (Phi) is 3.09. The number of rotatable bonds is 4. The second kappa shape index (κ2) is 3.81. The first-order valence-corrected chi connectivity index (χ1v) is 4.66. The van der Waals surface area contributed by atoms with E-state index >= 15 is 0 Å². The van der Waals surface area contributed by atoms with Crippen molar-refractivity contribution in [3.63, 3.8) is 0 Å². The summed E-state index contributed by atoms with van der Waals surface area (Å²) in [5, 5.41) is 8.30. The van der Waals surface area contributed by atoms with E-state index in [1.54, 1.807) is 0 Å². The maximum atomic E-state index is 13.1. The van der Waals surface area contributed by atoms with Gasteiger partial charge in [0.25, 0.3) is 5.92 Å². The fourth-order valence-electron chi connectivity index (χ4n) is 1.55. The molecule has 0 aromatic rings. The van der Waals surface area contributed by atoms with E-state index in [-0.39, 0.29) is 6.04 Å². The summed E-state index contributed by atoms with van der Waals surface area (Å²) in [5.41, 5.74) is 0. The highest BCUT2D eigenvalue weighted by Crippen LogP contribution is 2.35. The lowest BCUT2D eigenvalue weighted by Gasteiger charge is -2.45. The number of aliphatic carboxylic acids is 1. The first-order chi connectivity index (χ1) is 6.33. The molecule has 0 aromatic heterocycles. The third-order valence-corrected chi connectivity index (χ3v) is 2.62. The Morgan fingerprint density at radius 2 is 2.07 bits per heavy atom.